The van der Waals surface area contributed by atoms with Crippen molar-refractivity contribution in [1.29, 1.82) is 0 Å². The second-order valence-electron chi connectivity index (χ2n) is 11.4. The van der Waals surface area contributed by atoms with Crippen LogP contribution in [-0.2, 0) is 0 Å². The molecule has 0 unspecified atom stereocenters. The summed E-state index contributed by atoms with van der Waals surface area (Å²) in [7, 11) is 0. The zero-order valence-corrected chi connectivity index (χ0v) is 26.1. The molecule has 0 heterocycles. The van der Waals surface area contributed by atoms with Crippen LogP contribution in [0.15, 0.2) is 77.9 Å². The molecule has 0 aliphatic carbocycles. The van der Waals surface area contributed by atoms with Crippen molar-refractivity contribution in [3.63, 3.8) is 0 Å². The van der Waals surface area contributed by atoms with E-state index in [2.05, 4.69) is 54.7 Å². The maximum absolute atomic E-state index is 13.3. The second-order valence-corrected chi connectivity index (χ2v) is 11.4. The molecule has 0 spiro atoms. The molecular weight excluding hydrogens is 532 g/mol. The molecule has 0 saturated heterocycles. The summed E-state index contributed by atoms with van der Waals surface area (Å²) >= 11 is 0. The van der Waals surface area contributed by atoms with Gasteiger partial charge in [0.1, 0.15) is 11.5 Å². The van der Waals surface area contributed by atoms with Gasteiger partial charge in [0, 0.05) is 17.2 Å². The smallest absolute Gasteiger partial charge is 0.271 e. The highest BCUT2D eigenvalue weighted by atomic mass is 16.5. The number of carbonyl (C=O) groups excluding carboxylic acids is 1. The third-order valence-electron chi connectivity index (χ3n) is 7.85. The van der Waals surface area contributed by atoms with E-state index in [1.165, 1.54) is 51.4 Å². The molecule has 4 rings (SSSR count). The Balaban J connectivity index is 1.44. The van der Waals surface area contributed by atoms with E-state index < -0.39 is 0 Å². The third-order valence-corrected chi connectivity index (χ3v) is 7.85. The number of fused-ring (bicyclic) bond motifs is 2. The van der Waals surface area contributed by atoms with Crippen LogP contribution in [0.1, 0.15) is 107 Å². The highest BCUT2D eigenvalue weighted by Gasteiger charge is 2.11. The average Bonchev–Trinajstić information content (AvgIpc) is 3.03. The van der Waals surface area contributed by atoms with E-state index >= 15 is 0 Å². The predicted octanol–water partition coefficient (Wildman–Crippen LogP) is 10.2. The number of nitrogens with zero attached hydrogens (tertiary/aromatic N) is 1. The Labute approximate surface area is 257 Å². The summed E-state index contributed by atoms with van der Waals surface area (Å²) in [4.78, 5) is 13.3. The number of amides is 1. The molecule has 4 aromatic carbocycles. The molecule has 5 heteroatoms. The van der Waals surface area contributed by atoms with Crippen LogP contribution in [0, 0.1) is 0 Å². The SMILES string of the molecule is CCCCCCCCOc1cc(OCCCCCCCC)cc(C(=O)N/N=C/c2c3ccccc3cc3ccccc23)c1. The number of ether oxygens (including phenoxy) is 2. The van der Waals surface area contributed by atoms with Gasteiger partial charge in [-0.25, -0.2) is 5.43 Å². The normalized spacial score (nSPS) is 11.4. The topological polar surface area (TPSA) is 59.9 Å². The Bertz CT molecular complexity index is 1370. The molecule has 43 heavy (non-hydrogen) atoms. The summed E-state index contributed by atoms with van der Waals surface area (Å²) in [6, 6.07) is 24.1. The van der Waals surface area contributed by atoms with Crippen molar-refractivity contribution in [2.45, 2.75) is 90.9 Å². The monoisotopic (exact) mass is 580 g/mol. The minimum atomic E-state index is -0.296. The summed E-state index contributed by atoms with van der Waals surface area (Å²) in [6.07, 6.45) is 16.1. The van der Waals surface area contributed by atoms with Gasteiger partial charge in [-0.15, -0.1) is 0 Å². The summed E-state index contributed by atoms with van der Waals surface area (Å²) in [5.41, 5.74) is 4.19. The molecular formula is C38H48N2O3. The van der Waals surface area contributed by atoms with Crippen LogP contribution in [0.5, 0.6) is 11.5 Å². The molecule has 0 atom stereocenters. The molecule has 0 bridgehead atoms. The summed E-state index contributed by atoms with van der Waals surface area (Å²) < 4.78 is 12.2. The number of benzene rings is 4. The van der Waals surface area contributed by atoms with E-state index in [0.717, 1.165) is 52.8 Å². The zero-order chi connectivity index (χ0) is 30.1. The summed E-state index contributed by atoms with van der Waals surface area (Å²) in [5.74, 6) is 1.02. The molecule has 5 nitrogen and oxygen atoms in total. The van der Waals surface area contributed by atoms with Gasteiger partial charge in [0.2, 0.25) is 0 Å². The maximum Gasteiger partial charge on any atom is 0.271 e. The fourth-order valence-electron chi connectivity index (χ4n) is 5.42. The second kappa shape index (κ2) is 17.9. The number of hydrogen-bond acceptors (Lipinski definition) is 4. The van der Waals surface area contributed by atoms with Crippen LogP contribution >= 0.6 is 0 Å². The van der Waals surface area contributed by atoms with E-state index in [1.54, 1.807) is 18.3 Å². The minimum absolute atomic E-state index is 0.296. The third kappa shape index (κ3) is 10.1. The van der Waals surface area contributed by atoms with Crippen LogP contribution in [0.2, 0.25) is 0 Å². The van der Waals surface area contributed by atoms with E-state index in [9.17, 15) is 4.79 Å². The lowest BCUT2D eigenvalue weighted by molar-refractivity contribution is 0.0954. The van der Waals surface area contributed by atoms with E-state index in [4.69, 9.17) is 9.47 Å². The van der Waals surface area contributed by atoms with E-state index in [0.29, 0.717) is 30.3 Å². The Kier molecular flexibility index (Phi) is 13.4. The first-order valence-electron chi connectivity index (χ1n) is 16.3. The van der Waals surface area contributed by atoms with E-state index in [1.807, 2.05) is 30.3 Å². The highest BCUT2D eigenvalue weighted by molar-refractivity contribution is 6.13. The molecule has 0 aromatic heterocycles. The molecule has 4 aromatic rings. The Morgan fingerprint density at radius 2 is 1.14 bits per heavy atom. The fraction of sp³-hybridized carbons (Fsp3) is 0.421. The molecule has 1 N–H and O–H groups in total. The fourth-order valence-corrected chi connectivity index (χ4v) is 5.42. The lowest BCUT2D eigenvalue weighted by Gasteiger charge is -2.12. The van der Waals surface area contributed by atoms with Crippen molar-refractivity contribution in [2.24, 2.45) is 5.10 Å². The van der Waals surface area contributed by atoms with Crippen molar-refractivity contribution in [1.82, 2.24) is 5.43 Å². The average molecular weight is 581 g/mol. The van der Waals surface area contributed by atoms with Gasteiger partial charge in [-0.3, -0.25) is 4.79 Å². The van der Waals surface area contributed by atoms with Crippen LogP contribution in [-0.4, -0.2) is 25.3 Å². The predicted molar refractivity (Wildman–Crippen MR) is 181 cm³/mol. The van der Waals surface area contributed by atoms with Gasteiger partial charge in [-0.1, -0.05) is 127 Å². The maximum atomic E-state index is 13.3. The number of unbranched alkanes of at least 4 members (excludes halogenated alkanes) is 10. The van der Waals surface area contributed by atoms with Crippen molar-refractivity contribution >= 4 is 33.7 Å². The van der Waals surface area contributed by atoms with Gasteiger partial charge in [0.25, 0.3) is 5.91 Å². The quantitative estimate of drug-likeness (QED) is 0.0519. The highest BCUT2D eigenvalue weighted by Crippen LogP contribution is 2.27. The number of hydrogen-bond donors (Lipinski definition) is 1. The standard InChI is InChI=1S/C38H48N2O3/c1-3-5-7-9-11-17-23-42-33-26-32(27-34(28-33)43-24-18-12-10-8-6-4-2)38(41)40-39-29-37-35-21-15-13-19-30(35)25-31-20-14-16-22-36(31)37/h13-16,19-22,25-29H,3-12,17-18,23-24H2,1-2H3,(H,40,41)/b39-29+. The van der Waals surface area contributed by atoms with Crippen molar-refractivity contribution in [3.05, 3.63) is 83.9 Å². The van der Waals surface area contributed by atoms with Gasteiger partial charge in [-0.05, 0) is 52.6 Å². The van der Waals surface area contributed by atoms with Crippen LogP contribution < -0.4 is 14.9 Å². The van der Waals surface area contributed by atoms with E-state index in [-0.39, 0.29) is 5.91 Å². The Morgan fingerprint density at radius 1 is 0.651 bits per heavy atom. The largest absolute Gasteiger partial charge is 0.493 e. The van der Waals surface area contributed by atoms with Gasteiger partial charge < -0.3 is 9.47 Å². The summed E-state index contributed by atoms with van der Waals surface area (Å²) in [6.45, 7) is 5.71. The van der Waals surface area contributed by atoms with Crippen molar-refractivity contribution in [3.8, 4) is 11.5 Å². The Morgan fingerprint density at radius 3 is 1.67 bits per heavy atom. The first-order valence-corrected chi connectivity index (χ1v) is 16.3. The first kappa shape index (κ1) is 32.1. The number of nitrogens with one attached hydrogen (secondary N) is 1. The Hall–Kier alpha value is -3.86. The zero-order valence-electron chi connectivity index (χ0n) is 26.1. The van der Waals surface area contributed by atoms with Crippen LogP contribution in [0.3, 0.4) is 0 Å². The van der Waals surface area contributed by atoms with Gasteiger partial charge in [0.05, 0.1) is 19.4 Å². The lowest BCUT2D eigenvalue weighted by Crippen LogP contribution is -2.18. The number of carbonyl (C=O) groups is 1. The van der Waals surface area contributed by atoms with Gasteiger partial charge in [-0.2, -0.15) is 5.10 Å². The first-order chi connectivity index (χ1) is 21.2. The van der Waals surface area contributed by atoms with Gasteiger partial charge in [0.15, 0.2) is 0 Å². The molecule has 228 valence electrons. The lowest BCUT2D eigenvalue weighted by atomic mass is 9.97. The van der Waals surface area contributed by atoms with Crippen molar-refractivity contribution < 1.29 is 14.3 Å². The molecule has 0 fully saturated rings. The van der Waals surface area contributed by atoms with Crippen LogP contribution in [0.4, 0.5) is 0 Å². The minimum Gasteiger partial charge on any atom is -0.493 e. The molecule has 0 radical (unpaired) electrons. The molecule has 0 aliphatic rings. The van der Waals surface area contributed by atoms with Crippen LogP contribution in [0.25, 0.3) is 21.5 Å². The molecule has 1 amide bonds. The summed E-state index contributed by atoms with van der Waals surface area (Å²) in [5, 5.41) is 8.85. The molecule has 0 saturated carbocycles. The molecule has 0 aliphatic heterocycles. The number of rotatable bonds is 19. The van der Waals surface area contributed by atoms with Crippen molar-refractivity contribution in [2.75, 3.05) is 13.2 Å². The van der Waals surface area contributed by atoms with Gasteiger partial charge >= 0.3 is 0 Å². The number of hydrazone groups is 1.